The number of nitrogens with one attached hydrogen (secondary N) is 1. The van der Waals surface area contributed by atoms with Gasteiger partial charge >= 0.3 is 0 Å². The normalized spacial score (nSPS) is 10.4. The molecule has 0 aromatic heterocycles. The van der Waals surface area contributed by atoms with E-state index in [-0.39, 0.29) is 5.91 Å². The first-order chi connectivity index (χ1) is 11.5. The molecule has 0 aliphatic carbocycles. The number of ether oxygens (including phenoxy) is 1. The smallest absolute Gasteiger partial charge is 0.259 e. The van der Waals surface area contributed by atoms with Gasteiger partial charge in [0, 0.05) is 24.5 Å². The van der Waals surface area contributed by atoms with Gasteiger partial charge in [-0.1, -0.05) is 12.1 Å². The van der Waals surface area contributed by atoms with Crippen molar-refractivity contribution in [1.82, 2.24) is 0 Å². The monoisotopic (exact) mass is 326 g/mol. The molecule has 2 aromatic carbocycles. The Morgan fingerprint density at radius 1 is 1.08 bits per heavy atom. The summed E-state index contributed by atoms with van der Waals surface area (Å²) in [7, 11) is 1.59. The van der Waals surface area contributed by atoms with Gasteiger partial charge in [0.1, 0.15) is 5.75 Å². The number of nitrogens with zero attached hydrogens (tertiary/aromatic N) is 1. The molecule has 1 N–H and O–H groups in total. The van der Waals surface area contributed by atoms with Crippen LogP contribution in [-0.4, -0.2) is 26.1 Å². The molecule has 0 aliphatic heterocycles. The van der Waals surface area contributed by atoms with Gasteiger partial charge in [-0.15, -0.1) is 0 Å². The van der Waals surface area contributed by atoms with E-state index in [9.17, 15) is 4.79 Å². The molecule has 1 amide bonds. The predicted molar refractivity (Wildman–Crippen MR) is 100 cm³/mol. The maximum atomic E-state index is 12.6. The summed E-state index contributed by atoms with van der Waals surface area (Å²) in [6.07, 6.45) is 0. The maximum absolute atomic E-state index is 12.6. The van der Waals surface area contributed by atoms with E-state index in [4.69, 9.17) is 4.74 Å². The van der Waals surface area contributed by atoms with Crippen molar-refractivity contribution in [3.8, 4) is 5.75 Å². The fourth-order valence-electron chi connectivity index (χ4n) is 2.87. The van der Waals surface area contributed by atoms with Gasteiger partial charge in [0.25, 0.3) is 5.91 Å². The summed E-state index contributed by atoms with van der Waals surface area (Å²) in [4.78, 5) is 14.9. The molecule has 2 rings (SSSR count). The predicted octanol–water partition coefficient (Wildman–Crippen LogP) is 4.41. The Morgan fingerprint density at radius 3 is 2.38 bits per heavy atom. The number of methoxy groups -OCH3 is 1. The van der Waals surface area contributed by atoms with Crippen LogP contribution in [0.15, 0.2) is 36.4 Å². The molecule has 2 aromatic rings. The van der Waals surface area contributed by atoms with Crippen LogP contribution in [0.5, 0.6) is 5.75 Å². The number of aryl methyl sites for hydroxylation is 2. The minimum Gasteiger partial charge on any atom is -0.496 e. The number of carbonyl (C=O) groups is 1. The Bertz CT molecular complexity index is 722. The van der Waals surface area contributed by atoms with Gasteiger partial charge < -0.3 is 15.0 Å². The molecule has 0 unspecified atom stereocenters. The van der Waals surface area contributed by atoms with Crippen LogP contribution in [-0.2, 0) is 0 Å². The van der Waals surface area contributed by atoms with Gasteiger partial charge in [0.05, 0.1) is 12.7 Å². The minimum atomic E-state index is -0.158. The van der Waals surface area contributed by atoms with Crippen LogP contribution >= 0.6 is 0 Å². The van der Waals surface area contributed by atoms with Crippen molar-refractivity contribution < 1.29 is 9.53 Å². The lowest BCUT2D eigenvalue weighted by Crippen LogP contribution is -2.22. The zero-order valence-electron chi connectivity index (χ0n) is 15.1. The summed E-state index contributed by atoms with van der Waals surface area (Å²) in [6.45, 7) is 10.1. The van der Waals surface area contributed by atoms with Crippen LogP contribution in [0.25, 0.3) is 0 Å². The minimum absolute atomic E-state index is 0.158. The van der Waals surface area contributed by atoms with Crippen molar-refractivity contribution >= 4 is 17.3 Å². The Morgan fingerprint density at radius 2 is 1.79 bits per heavy atom. The lowest BCUT2D eigenvalue weighted by atomic mass is 10.1. The molecule has 24 heavy (non-hydrogen) atoms. The first kappa shape index (κ1) is 17.9. The van der Waals surface area contributed by atoms with E-state index in [1.807, 2.05) is 38.1 Å². The standard InChI is InChI=1S/C20H26N2O2/c1-6-22(7-2)16-11-12-18(15(4)13-16)21-20(23)17-10-8-9-14(3)19(17)24-5/h8-13H,6-7H2,1-5H3,(H,21,23). The Labute approximate surface area is 144 Å². The summed E-state index contributed by atoms with van der Waals surface area (Å²) in [6, 6.07) is 11.7. The number of amides is 1. The van der Waals surface area contributed by atoms with E-state index < -0.39 is 0 Å². The van der Waals surface area contributed by atoms with Gasteiger partial charge in [-0.3, -0.25) is 4.79 Å². The highest BCUT2D eigenvalue weighted by atomic mass is 16.5. The summed E-state index contributed by atoms with van der Waals surface area (Å²) in [5.74, 6) is 0.460. The number of hydrogen-bond acceptors (Lipinski definition) is 3. The molecule has 128 valence electrons. The Hall–Kier alpha value is -2.49. The average molecular weight is 326 g/mol. The van der Waals surface area contributed by atoms with Crippen LogP contribution in [0.1, 0.15) is 35.3 Å². The SMILES string of the molecule is CCN(CC)c1ccc(NC(=O)c2cccc(C)c2OC)c(C)c1. The van der Waals surface area contributed by atoms with Gasteiger partial charge in [-0.25, -0.2) is 0 Å². The van der Waals surface area contributed by atoms with Crippen molar-refractivity contribution in [1.29, 1.82) is 0 Å². The molecule has 0 spiro atoms. The van der Waals surface area contributed by atoms with Crippen LogP contribution in [0.4, 0.5) is 11.4 Å². The van der Waals surface area contributed by atoms with Gasteiger partial charge in [0.2, 0.25) is 0 Å². The number of para-hydroxylation sites is 1. The Kier molecular flexibility index (Phi) is 5.85. The van der Waals surface area contributed by atoms with E-state index in [0.29, 0.717) is 11.3 Å². The summed E-state index contributed by atoms with van der Waals surface area (Å²) in [5.41, 5.74) is 4.52. The zero-order chi connectivity index (χ0) is 17.7. The molecule has 0 saturated carbocycles. The number of benzene rings is 2. The Balaban J connectivity index is 2.25. The highest BCUT2D eigenvalue weighted by Gasteiger charge is 2.15. The lowest BCUT2D eigenvalue weighted by Gasteiger charge is -2.22. The topological polar surface area (TPSA) is 41.6 Å². The third kappa shape index (κ3) is 3.70. The second-order valence-electron chi connectivity index (χ2n) is 5.78. The maximum Gasteiger partial charge on any atom is 0.259 e. The second kappa shape index (κ2) is 7.86. The molecule has 0 fully saturated rings. The lowest BCUT2D eigenvalue weighted by molar-refractivity contribution is 0.102. The van der Waals surface area contributed by atoms with Crippen LogP contribution in [0.2, 0.25) is 0 Å². The van der Waals surface area contributed by atoms with E-state index in [1.54, 1.807) is 13.2 Å². The van der Waals surface area contributed by atoms with Crippen LogP contribution in [0, 0.1) is 13.8 Å². The number of carbonyl (C=O) groups excluding carboxylic acids is 1. The highest BCUT2D eigenvalue weighted by Crippen LogP contribution is 2.26. The van der Waals surface area contributed by atoms with Crippen molar-refractivity contribution in [2.45, 2.75) is 27.7 Å². The average Bonchev–Trinajstić information content (AvgIpc) is 2.58. The number of hydrogen-bond donors (Lipinski definition) is 1. The van der Waals surface area contributed by atoms with Crippen molar-refractivity contribution in [3.63, 3.8) is 0 Å². The third-order valence-corrected chi connectivity index (χ3v) is 4.25. The number of rotatable bonds is 6. The fourth-order valence-corrected chi connectivity index (χ4v) is 2.87. The molecule has 4 nitrogen and oxygen atoms in total. The molecular formula is C20H26N2O2. The first-order valence-electron chi connectivity index (χ1n) is 8.32. The summed E-state index contributed by atoms with van der Waals surface area (Å²) < 4.78 is 5.38. The molecule has 0 saturated heterocycles. The van der Waals surface area contributed by atoms with Crippen LogP contribution < -0.4 is 15.0 Å². The fraction of sp³-hybridized carbons (Fsp3) is 0.350. The first-order valence-corrected chi connectivity index (χ1v) is 8.32. The summed E-state index contributed by atoms with van der Waals surface area (Å²) >= 11 is 0. The summed E-state index contributed by atoms with van der Waals surface area (Å²) in [5, 5.41) is 2.99. The van der Waals surface area contributed by atoms with Gasteiger partial charge in [0.15, 0.2) is 0 Å². The van der Waals surface area contributed by atoms with E-state index >= 15 is 0 Å². The van der Waals surface area contributed by atoms with E-state index in [0.717, 1.165) is 29.9 Å². The van der Waals surface area contributed by atoms with Crippen LogP contribution in [0.3, 0.4) is 0 Å². The molecule has 0 atom stereocenters. The zero-order valence-corrected chi connectivity index (χ0v) is 15.1. The van der Waals surface area contributed by atoms with Gasteiger partial charge in [-0.05, 0) is 63.1 Å². The second-order valence-corrected chi connectivity index (χ2v) is 5.78. The highest BCUT2D eigenvalue weighted by molar-refractivity contribution is 6.06. The van der Waals surface area contributed by atoms with Crippen molar-refractivity contribution in [3.05, 3.63) is 53.1 Å². The quantitative estimate of drug-likeness (QED) is 0.855. The molecule has 0 heterocycles. The van der Waals surface area contributed by atoms with Gasteiger partial charge in [-0.2, -0.15) is 0 Å². The molecule has 0 radical (unpaired) electrons. The molecule has 0 aliphatic rings. The van der Waals surface area contributed by atoms with E-state index in [2.05, 4.69) is 30.1 Å². The van der Waals surface area contributed by atoms with E-state index in [1.165, 1.54) is 5.69 Å². The van der Waals surface area contributed by atoms with Crippen molar-refractivity contribution in [2.75, 3.05) is 30.4 Å². The molecular weight excluding hydrogens is 300 g/mol. The molecule has 0 bridgehead atoms. The molecule has 4 heteroatoms. The number of anilines is 2. The third-order valence-electron chi connectivity index (χ3n) is 4.25. The largest absolute Gasteiger partial charge is 0.496 e. The van der Waals surface area contributed by atoms with Crippen molar-refractivity contribution in [2.24, 2.45) is 0 Å².